The van der Waals surface area contributed by atoms with Crippen LogP contribution in [0.4, 0.5) is 5.69 Å². The molecule has 2 rings (SSSR count). The van der Waals surface area contributed by atoms with Crippen molar-refractivity contribution in [1.29, 1.82) is 0 Å². The van der Waals surface area contributed by atoms with Gasteiger partial charge in [-0.2, -0.15) is 0 Å². The molecule has 1 fully saturated rings. The number of rotatable bonds is 3. The lowest BCUT2D eigenvalue weighted by Gasteiger charge is -2.27. The summed E-state index contributed by atoms with van der Waals surface area (Å²) in [6.45, 7) is 0. The number of carbonyl (C=O) groups excluding carboxylic acids is 1. The Hall–Kier alpha value is -2.11. The SMILES string of the molecule is O=C1CC(Oc2cccc([N+](=O)[O-])c2)N1. The van der Waals surface area contributed by atoms with Crippen molar-refractivity contribution in [2.24, 2.45) is 0 Å². The topological polar surface area (TPSA) is 81.5 Å². The molecule has 6 nitrogen and oxygen atoms in total. The molecule has 1 heterocycles. The van der Waals surface area contributed by atoms with E-state index >= 15 is 0 Å². The maximum atomic E-state index is 10.6. The zero-order valence-electron chi connectivity index (χ0n) is 7.67. The second-order valence-corrected chi connectivity index (χ2v) is 3.13. The predicted molar refractivity (Wildman–Crippen MR) is 50.3 cm³/mol. The van der Waals surface area contributed by atoms with Crippen LogP contribution in [0.25, 0.3) is 0 Å². The van der Waals surface area contributed by atoms with E-state index in [9.17, 15) is 14.9 Å². The van der Waals surface area contributed by atoms with Crippen LogP contribution in [0, 0.1) is 10.1 Å². The molecule has 1 saturated heterocycles. The summed E-state index contributed by atoms with van der Waals surface area (Å²) >= 11 is 0. The van der Waals surface area contributed by atoms with Gasteiger partial charge < -0.3 is 10.1 Å². The van der Waals surface area contributed by atoms with E-state index in [1.165, 1.54) is 18.2 Å². The molecule has 1 unspecified atom stereocenters. The van der Waals surface area contributed by atoms with Crippen molar-refractivity contribution in [3.05, 3.63) is 34.4 Å². The Kier molecular flexibility index (Phi) is 2.24. The maximum absolute atomic E-state index is 10.6. The Morgan fingerprint density at radius 3 is 2.87 bits per heavy atom. The average molecular weight is 208 g/mol. The molecule has 1 aromatic rings. The zero-order chi connectivity index (χ0) is 10.8. The lowest BCUT2D eigenvalue weighted by Crippen LogP contribution is -2.51. The largest absolute Gasteiger partial charge is 0.470 e. The van der Waals surface area contributed by atoms with Crippen LogP contribution in [0.1, 0.15) is 6.42 Å². The number of nitro groups is 1. The van der Waals surface area contributed by atoms with Gasteiger partial charge in [0.05, 0.1) is 17.4 Å². The molecule has 0 aliphatic carbocycles. The van der Waals surface area contributed by atoms with Gasteiger partial charge in [0.2, 0.25) is 5.91 Å². The third-order valence-electron chi connectivity index (χ3n) is 2.00. The van der Waals surface area contributed by atoms with Gasteiger partial charge in [0.25, 0.3) is 5.69 Å². The Bertz CT molecular complexity index is 410. The minimum absolute atomic E-state index is 0.0295. The lowest BCUT2D eigenvalue weighted by molar-refractivity contribution is -0.385. The minimum Gasteiger partial charge on any atom is -0.470 e. The molecule has 1 aliphatic heterocycles. The quantitative estimate of drug-likeness (QED) is 0.453. The molecule has 0 radical (unpaired) electrons. The number of ether oxygens (including phenoxy) is 1. The monoisotopic (exact) mass is 208 g/mol. The van der Waals surface area contributed by atoms with Crippen LogP contribution >= 0.6 is 0 Å². The molecule has 1 atom stereocenters. The number of non-ortho nitro benzene ring substituents is 1. The first kappa shape index (κ1) is 9.45. The molecule has 0 aromatic heterocycles. The molecule has 0 spiro atoms. The molecular weight excluding hydrogens is 200 g/mol. The van der Waals surface area contributed by atoms with Gasteiger partial charge in [-0.25, -0.2) is 0 Å². The Morgan fingerprint density at radius 2 is 2.27 bits per heavy atom. The average Bonchev–Trinajstić information content (AvgIpc) is 2.16. The fourth-order valence-electron chi connectivity index (χ4n) is 1.23. The van der Waals surface area contributed by atoms with Crippen LogP contribution in [-0.2, 0) is 4.79 Å². The number of nitrogens with one attached hydrogen (secondary N) is 1. The van der Waals surface area contributed by atoms with Crippen molar-refractivity contribution in [2.75, 3.05) is 0 Å². The first-order valence-corrected chi connectivity index (χ1v) is 4.35. The van der Waals surface area contributed by atoms with Crippen LogP contribution in [-0.4, -0.2) is 17.1 Å². The van der Waals surface area contributed by atoms with Crippen LogP contribution in [0.2, 0.25) is 0 Å². The third-order valence-corrected chi connectivity index (χ3v) is 2.00. The molecule has 15 heavy (non-hydrogen) atoms. The number of carbonyl (C=O) groups is 1. The predicted octanol–water partition coefficient (Wildman–Crippen LogP) is 0.820. The highest BCUT2D eigenvalue weighted by molar-refractivity contribution is 5.82. The Balaban J connectivity index is 2.05. The van der Waals surface area contributed by atoms with Gasteiger partial charge >= 0.3 is 0 Å². The van der Waals surface area contributed by atoms with Gasteiger partial charge in [-0.15, -0.1) is 0 Å². The van der Waals surface area contributed by atoms with Gasteiger partial charge in [0.15, 0.2) is 6.23 Å². The zero-order valence-corrected chi connectivity index (χ0v) is 7.67. The first-order valence-electron chi connectivity index (χ1n) is 4.35. The van der Waals surface area contributed by atoms with Crippen molar-refractivity contribution in [3.8, 4) is 5.75 Å². The van der Waals surface area contributed by atoms with Crippen molar-refractivity contribution in [1.82, 2.24) is 5.32 Å². The Labute approximate surface area is 85.0 Å². The number of nitro benzene ring substituents is 1. The summed E-state index contributed by atoms with van der Waals surface area (Å²) in [6.07, 6.45) is -0.0672. The van der Waals surface area contributed by atoms with Crippen molar-refractivity contribution >= 4 is 11.6 Å². The van der Waals surface area contributed by atoms with Crippen LogP contribution in [0.15, 0.2) is 24.3 Å². The van der Waals surface area contributed by atoms with Crippen LogP contribution < -0.4 is 10.1 Å². The van der Waals surface area contributed by atoms with Gasteiger partial charge in [-0.1, -0.05) is 6.07 Å². The molecule has 1 aromatic carbocycles. The molecular formula is C9H8N2O4. The van der Waals surface area contributed by atoms with Gasteiger partial charge in [0, 0.05) is 6.07 Å². The Morgan fingerprint density at radius 1 is 1.53 bits per heavy atom. The second kappa shape index (κ2) is 3.56. The number of hydrogen-bond acceptors (Lipinski definition) is 4. The normalized spacial score (nSPS) is 18.9. The molecule has 6 heteroatoms. The van der Waals surface area contributed by atoms with E-state index in [4.69, 9.17) is 4.74 Å². The summed E-state index contributed by atoms with van der Waals surface area (Å²) in [5, 5.41) is 13.0. The number of hydrogen-bond donors (Lipinski definition) is 1. The van der Waals surface area contributed by atoms with E-state index in [1.54, 1.807) is 6.07 Å². The summed E-state index contributed by atoms with van der Waals surface area (Å²) in [5.74, 6) is 0.305. The third kappa shape index (κ3) is 2.04. The number of β-lactam (4-membered cyclic amide) rings is 1. The molecule has 1 aliphatic rings. The number of nitrogens with zero attached hydrogens (tertiary/aromatic N) is 1. The fourth-order valence-corrected chi connectivity index (χ4v) is 1.23. The summed E-state index contributed by atoms with van der Waals surface area (Å²) in [4.78, 5) is 20.5. The fraction of sp³-hybridized carbons (Fsp3) is 0.222. The molecule has 0 bridgehead atoms. The van der Waals surface area contributed by atoms with Crippen LogP contribution in [0.5, 0.6) is 5.75 Å². The van der Waals surface area contributed by atoms with E-state index < -0.39 is 4.92 Å². The van der Waals surface area contributed by atoms with Crippen molar-refractivity contribution < 1.29 is 14.5 Å². The van der Waals surface area contributed by atoms with E-state index in [0.717, 1.165) is 0 Å². The second-order valence-electron chi connectivity index (χ2n) is 3.13. The summed E-state index contributed by atoms with van der Waals surface area (Å²) in [6, 6.07) is 5.85. The summed E-state index contributed by atoms with van der Waals surface area (Å²) in [7, 11) is 0. The number of amides is 1. The maximum Gasteiger partial charge on any atom is 0.273 e. The summed E-state index contributed by atoms with van der Waals surface area (Å²) in [5.41, 5.74) is -0.0295. The van der Waals surface area contributed by atoms with E-state index in [0.29, 0.717) is 12.2 Å². The molecule has 1 N–H and O–H groups in total. The highest BCUT2D eigenvalue weighted by Gasteiger charge is 2.27. The molecule has 1 amide bonds. The van der Waals surface area contributed by atoms with Gasteiger partial charge in [0.1, 0.15) is 5.75 Å². The van der Waals surface area contributed by atoms with E-state index in [1.807, 2.05) is 0 Å². The smallest absolute Gasteiger partial charge is 0.273 e. The molecule has 78 valence electrons. The molecule has 0 saturated carbocycles. The lowest BCUT2D eigenvalue weighted by atomic mass is 10.2. The van der Waals surface area contributed by atoms with Crippen LogP contribution in [0.3, 0.4) is 0 Å². The van der Waals surface area contributed by atoms with Gasteiger partial charge in [-0.05, 0) is 6.07 Å². The van der Waals surface area contributed by atoms with Crippen molar-refractivity contribution in [2.45, 2.75) is 12.6 Å². The van der Waals surface area contributed by atoms with E-state index in [2.05, 4.69) is 5.32 Å². The van der Waals surface area contributed by atoms with Gasteiger partial charge in [-0.3, -0.25) is 14.9 Å². The number of benzene rings is 1. The summed E-state index contributed by atoms with van der Waals surface area (Å²) < 4.78 is 5.28. The standard InChI is InChI=1S/C9H8N2O4/c12-8-5-9(10-8)15-7-3-1-2-6(4-7)11(13)14/h1-4,9H,5H2,(H,10,12). The minimum atomic E-state index is -0.494. The van der Waals surface area contributed by atoms with E-state index in [-0.39, 0.29) is 17.8 Å². The first-order chi connectivity index (χ1) is 7.15. The highest BCUT2D eigenvalue weighted by atomic mass is 16.6. The highest BCUT2D eigenvalue weighted by Crippen LogP contribution is 2.21. The van der Waals surface area contributed by atoms with Crippen molar-refractivity contribution in [3.63, 3.8) is 0 Å².